The minimum absolute atomic E-state index is 0.0411. The highest BCUT2D eigenvalue weighted by atomic mass is 16.3. The quantitative estimate of drug-likeness (QED) is 0.644. The van der Waals surface area contributed by atoms with Crippen LogP contribution in [0.25, 0.3) is 0 Å². The highest BCUT2D eigenvalue weighted by Crippen LogP contribution is 2.37. The smallest absolute Gasteiger partial charge is 0.226 e. The molecule has 1 heterocycles. The number of aliphatic hydroxyl groups is 2. The molecule has 2 amide bonds. The van der Waals surface area contributed by atoms with Gasteiger partial charge in [-0.25, -0.2) is 0 Å². The van der Waals surface area contributed by atoms with Crippen molar-refractivity contribution in [1.82, 2.24) is 5.32 Å². The Hall–Kier alpha value is -1.27. The average Bonchev–Trinajstić information content (AvgIpc) is 2.31. The summed E-state index contributed by atoms with van der Waals surface area (Å²) in [7, 11) is 0. The van der Waals surface area contributed by atoms with Gasteiger partial charge in [-0.1, -0.05) is 6.92 Å². The third kappa shape index (κ3) is 3.89. The van der Waals surface area contributed by atoms with Gasteiger partial charge in [-0.05, 0) is 32.1 Å². The molecule has 21 heavy (non-hydrogen) atoms. The molecule has 2 aliphatic rings. The summed E-state index contributed by atoms with van der Waals surface area (Å²) >= 11 is 0. The van der Waals surface area contributed by atoms with Crippen LogP contribution in [0.4, 0.5) is 0 Å². The van der Waals surface area contributed by atoms with Crippen molar-refractivity contribution in [2.45, 2.75) is 57.7 Å². The number of carbonyl (C=O) groups excluding carboxylic acids is 3. The molecule has 4 atom stereocenters. The van der Waals surface area contributed by atoms with Gasteiger partial charge in [0, 0.05) is 24.7 Å². The van der Waals surface area contributed by atoms with Crippen LogP contribution in [-0.4, -0.2) is 39.5 Å². The number of carbonyl (C=O) groups is 3. The van der Waals surface area contributed by atoms with Gasteiger partial charge in [-0.15, -0.1) is 0 Å². The molecule has 6 nitrogen and oxygen atoms in total. The van der Waals surface area contributed by atoms with E-state index >= 15 is 0 Å². The number of aliphatic hydroxyl groups excluding tert-OH is 1. The van der Waals surface area contributed by atoms with Gasteiger partial charge in [0.2, 0.25) is 11.8 Å². The highest BCUT2D eigenvalue weighted by Gasteiger charge is 2.43. The number of Topliss-reactive ketones (excluding diaryl/α,β-unsaturated/α-hetero) is 1. The van der Waals surface area contributed by atoms with Crippen molar-refractivity contribution in [3.8, 4) is 0 Å². The molecule has 0 spiro atoms. The van der Waals surface area contributed by atoms with Crippen LogP contribution in [0.2, 0.25) is 0 Å². The predicted molar refractivity (Wildman–Crippen MR) is 74.0 cm³/mol. The maximum Gasteiger partial charge on any atom is 0.226 e. The van der Waals surface area contributed by atoms with E-state index in [0.29, 0.717) is 6.42 Å². The summed E-state index contributed by atoms with van der Waals surface area (Å²) in [5.74, 6) is -1.86. The van der Waals surface area contributed by atoms with E-state index in [0.717, 1.165) is 0 Å². The first-order chi connectivity index (χ1) is 9.68. The molecule has 0 unspecified atom stereocenters. The molecular formula is C15H23NO5. The Labute approximate surface area is 123 Å². The molecule has 1 saturated heterocycles. The van der Waals surface area contributed by atoms with Crippen LogP contribution in [0, 0.1) is 17.8 Å². The largest absolute Gasteiger partial charge is 0.392 e. The summed E-state index contributed by atoms with van der Waals surface area (Å²) in [4.78, 5) is 34.9. The summed E-state index contributed by atoms with van der Waals surface area (Å²) < 4.78 is 0. The molecule has 0 aromatic heterocycles. The van der Waals surface area contributed by atoms with Crippen LogP contribution in [0.5, 0.6) is 0 Å². The second kappa shape index (κ2) is 5.85. The van der Waals surface area contributed by atoms with Crippen LogP contribution >= 0.6 is 0 Å². The summed E-state index contributed by atoms with van der Waals surface area (Å²) in [6, 6.07) is 0. The lowest BCUT2D eigenvalue weighted by Crippen LogP contribution is -2.47. The Kier molecular flexibility index (Phi) is 4.49. The lowest BCUT2D eigenvalue weighted by molar-refractivity contribution is -0.143. The van der Waals surface area contributed by atoms with E-state index in [1.807, 2.05) is 0 Å². The Morgan fingerprint density at radius 1 is 1.24 bits per heavy atom. The molecule has 2 fully saturated rings. The number of hydrogen-bond donors (Lipinski definition) is 3. The number of rotatable bonds is 3. The fraction of sp³-hybridized carbons (Fsp3) is 0.800. The molecule has 0 bridgehead atoms. The van der Waals surface area contributed by atoms with Crippen LogP contribution < -0.4 is 5.32 Å². The molecule has 1 aliphatic heterocycles. The van der Waals surface area contributed by atoms with Crippen molar-refractivity contribution >= 4 is 17.6 Å². The molecule has 3 N–H and O–H groups in total. The number of imide groups is 1. The first kappa shape index (κ1) is 16.1. The topological polar surface area (TPSA) is 104 Å². The first-order valence-electron chi connectivity index (χ1n) is 7.45. The Balaban J connectivity index is 2.01. The average molecular weight is 297 g/mol. The molecular weight excluding hydrogens is 274 g/mol. The predicted octanol–water partition coefficient (Wildman–Crippen LogP) is 0.156. The van der Waals surface area contributed by atoms with Gasteiger partial charge in [0.25, 0.3) is 0 Å². The van der Waals surface area contributed by atoms with Gasteiger partial charge in [-0.2, -0.15) is 0 Å². The van der Waals surface area contributed by atoms with Crippen molar-refractivity contribution in [3.05, 3.63) is 0 Å². The molecule has 0 aromatic rings. The molecule has 1 aliphatic carbocycles. The molecule has 0 radical (unpaired) electrons. The number of amides is 2. The fourth-order valence-electron chi connectivity index (χ4n) is 3.64. The van der Waals surface area contributed by atoms with Crippen molar-refractivity contribution in [3.63, 3.8) is 0 Å². The van der Waals surface area contributed by atoms with Crippen molar-refractivity contribution < 1.29 is 24.6 Å². The van der Waals surface area contributed by atoms with E-state index in [-0.39, 0.29) is 55.1 Å². The summed E-state index contributed by atoms with van der Waals surface area (Å²) in [5.41, 5.74) is -0.960. The highest BCUT2D eigenvalue weighted by molar-refractivity contribution is 5.97. The van der Waals surface area contributed by atoms with Crippen molar-refractivity contribution in [2.75, 3.05) is 0 Å². The Bertz CT molecular complexity index is 443. The van der Waals surface area contributed by atoms with E-state index < -0.39 is 17.6 Å². The molecule has 0 aromatic carbocycles. The normalized spacial score (nSPS) is 36.5. The van der Waals surface area contributed by atoms with Gasteiger partial charge in [0.1, 0.15) is 5.78 Å². The monoisotopic (exact) mass is 297 g/mol. The zero-order valence-corrected chi connectivity index (χ0v) is 12.5. The molecule has 2 rings (SSSR count). The first-order valence-corrected chi connectivity index (χ1v) is 7.45. The summed E-state index contributed by atoms with van der Waals surface area (Å²) in [5, 5.41) is 22.8. The van der Waals surface area contributed by atoms with Gasteiger partial charge in [0.05, 0.1) is 11.7 Å². The van der Waals surface area contributed by atoms with E-state index in [1.165, 1.54) is 0 Å². The maximum atomic E-state index is 12.2. The van der Waals surface area contributed by atoms with E-state index in [2.05, 4.69) is 5.32 Å². The number of nitrogens with one attached hydrogen (secondary N) is 1. The molecule has 1 saturated carbocycles. The van der Waals surface area contributed by atoms with Crippen molar-refractivity contribution in [2.24, 2.45) is 17.8 Å². The minimum Gasteiger partial charge on any atom is -0.392 e. The summed E-state index contributed by atoms with van der Waals surface area (Å²) in [6.45, 7) is 3.43. The Morgan fingerprint density at radius 3 is 2.38 bits per heavy atom. The van der Waals surface area contributed by atoms with Gasteiger partial charge >= 0.3 is 0 Å². The number of piperidine rings is 1. The number of hydrogen-bond acceptors (Lipinski definition) is 5. The number of ketones is 1. The zero-order chi connectivity index (χ0) is 15.8. The van der Waals surface area contributed by atoms with Gasteiger partial charge < -0.3 is 10.2 Å². The lowest BCUT2D eigenvalue weighted by Gasteiger charge is -2.39. The van der Waals surface area contributed by atoms with Gasteiger partial charge in [0.15, 0.2) is 0 Å². The summed E-state index contributed by atoms with van der Waals surface area (Å²) in [6.07, 6.45) is 0.322. The van der Waals surface area contributed by atoms with E-state index in [9.17, 15) is 24.6 Å². The standard InChI is InChI=1S/C15H23NO5/c1-8-6-15(2,21)7-10(14(8)20)11(17)3-9-4-12(18)16-13(19)5-9/h8-11,17,21H,3-7H2,1-2H3,(H,16,18,19)/t8-,10+,11+,15+/m0/s1. The fourth-order valence-corrected chi connectivity index (χ4v) is 3.64. The lowest BCUT2D eigenvalue weighted by atomic mass is 9.69. The third-order valence-electron chi connectivity index (χ3n) is 4.52. The maximum absolute atomic E-state index is 12.2. The van der Waals surface area contributed by atoms with Crippen LogP contribution in [0.3, 0.4) is 0 Å². The van der Waals surface area contributed by atoms with Crippen LogP contribution in [-0.2, 0) is 14.4 Å². The second-order valence-electron chi connectivity index (χ2n) is 6.86. The third-order valence-corrected chi connectivity index (χ3v) is 4.52. The molecule has 6 heteroatoms. The minimum atomic E-state index is -0.960. The van der Waals surface area contributed by atoms with E-state index in [4.69, 9.17) is 0 Å². The Morgan fingerprint density at radius 2 is 1.81 bits per heavy atom. The SMILES string of the molecule is C[C@H]1C[C@@](C)(O)C[C@H]([C@H](O)CC2CC(=O)NC(=O)C2)C1=O. The van der Waals surface area contributed by atoms with E-state index in [1.54, 1.807) is 13.8 Å². The van der Waals surface area contributed by atoms with Crippen LogP contribution in [0.15, 0.2) is 0 Å². The van der Waals surface area contributed by atoms with Crippen LogP contribution in [0.1, 0.15) is 46.0 Å². The van der Waals surface area contributed by atoms with Crippen molar-refractivity contribution in [1.29, 1.82) is 0 Å². The zero-order valence-electron chi connectivity index (χ0n) is 12.5. The van der Waals surface area contributed by atoms with Gasteiger partial charge in [-0.3, -0.25) is 19.7 Å². The molecule has 118 valence electrons. The second-order valence-corrected chi connectivity index (χ2v) is 6.86.